The number of fused-ring (bicyclic) bond motifs is 1. The predicted molar refractivity (Wildman–Crippen MR) is 61.0 cm³/mol. The highest BCUT2D eigenvalue weighted by Gasteiger charge is 2.20. The van der Waals surface area contributed by atoms with Crippen LogP contribution in [-0.2, 0) is 0 Å². The molecule has 0 bridgehead atoms. The maximum Gasteiger partial charge on any atom is 0.137 e. The molecule has 3 heteroatoms. The average molecular weight is 219 g/mol. The second-order valence-corrected chi connectivity index (χ2v) is 4.34. The molecule has 3 rings (SSSR count). The Balaban J connectivity index is 2.05. The first-order valence-corrected chi connectivity index (χ1v) is 5.72. The molecular weight excluding hydrogens is 205 g/mol. The lowest BCUT2D eigenvalue weighted by atomic mass is 9.90. The van der Waals surface area contributed by atoms with Gasteiger partial charge in [0.1, 0.15) is 11.4 Å². The molecule has 0 aliphatic carbocycles. The highest BCUT2D eigenvalue weighted by atomic mass is 19.1. The Bertz CT molecular complexity index is 500. The lowest BCUT2D eigenvalue weighted by molar-refractivity contribution is 0.448. The van der Waals surface area contributed by atoms with Gasteiger partial charge in [-0.2, -0.15) is 0 Å². The van der Waals surface area contributed by atoms with Crippen LogP contribution in [0.2, 0.25) is 0 Å². The van der Waals surface area contributed by atoms with Gasteiger partial charge in [-0.25, -0.2) is 4.39 Å². The summed E-state index contributed by atoms with van der Waals surface area (Å²) in [5.41, 5.74) is 1.45. The third-order valence-corrected chi connectivity index (χ3v) is 3.34. The number of rotatable bonds is 1. The summed E-state index contributed by atoms with van der Waals surface area (Å²) >= 11 is 0. The van der Waals surface area contributed by atoms with Crippen LogP contribution in [0.1, 0.15) is 24.3 Å². The largest absolute Gasteiger partial charge is 0.464 e. The molecule has 84 valence electrons. The van der Waals surface area contributed by atoms with Gasteiger partial charge in [0, 0.05) is 6.54 Å². The molecule has 1 fully saturated rings. The van der Waals surface area contributed by atoms with E-state index >= 15 is 0 Å². The van der Waals surface area contributed by atoms with E-state index in [1.165, 1.54) is 6.26 Å². The molecule has 1 saturated heterocycles. The van der Waals surface area contributed by atoms with Crippen molar-refractivity contribution in [2.45, 2.75) is 18.8 Å². The minimum absolute atomic E-state index is 0.111. The number of hydrogen-bond acceptors (Lipinski definition) is 2. The zero-order chi connectivity index (χ0) is 11.0. The fraction of sp³-hybridized carbons (Fsp3) is 0.385. The Morgan fingerprint density at radius 1 is 1.31 bits per heavy atom. The average Bonchev–Trinajstić information content (AvgIpc) is 2.80. The van der Waals surface area contributed by atoms with Gasteiger partial charge in [-0.1, -0.05) is 6.07 Å². The van der Waals surface area contributed by atoms with Crippen LogP contribution < -0.4 is 5.32 Å². The van der Waals surface area contributed by atoms with Gasteiger partial charge in [0.2, 0.25) is 0 Å². The van der Waals surface area contributed by atoms with Gasteiger partial charge in [-0.3, -0.25) is 0 Å². The third kappa shape index (κ3) is 1.52. The molecule has 2 heterocycles. The molecule has 1 aliphatic heterocycles. The van der Waals surface area contributed by atoms with Gasteiger partial charge in [0.05, 0.1) is 11.6 Å². The molecule has 1 aromatic heterocycles. The van der Waals surface area contributed by atoms with E-state index in [4.69, 9.17) is 4.42 Å². The summed E-state index contributed by atoms with van der Waals surface area (Å²) in [5.74, 6) is 0.188. The number of hydrogen-bond donors (Lipinski definition) is 1. The lowest BCUT2D eigenvalue weighted by Gasteiger charge is -2.23. The topological polar surface area (TPSA) is 25.2 Å². The number of halogens is 1. The number of benzene rings is 1. The van der Waals surface area contributed by atoms with Crippen LogP contribution >= 0.6 is 0 Å². The smallest absolute Gasteiger partial charge is 0.137 e. The van der Waals surface area contributed by atoms with Crippen molar-refractivity contribution in [3.8, 4) is 0 Å². The van der Waals surface area contributed by atoms with Crippen molar-refractivity contribution in [3.05, 3.63) is 35.8 Å². The number of piperidine rings is 1. The van der Waals surface area contributed by atoms with Crippen LogP contribution in [0.15, 0.2) is 28.9 Å². The first kappa shape index (κ1) is 9.85. The SMILES string of the molecule is Fc1c(C2CCCNC2)ccc2occc12. The summed E-state index contributed by atoms with van der Waals surface area (Å²) in [6.07, 6.45) is 3.72. The first-order valence-electron chi connectivity index (χ1n) is 5.72. The van der Waals surface area contributed by atoms with E-state index in [1.807, 2.05) is 12.1 Å². The summed E-state index contributed by atoms with van der Waals surface area (Å²) in [4.78, 5) is 0. The van der Waals surface area contributed by atoms with Crippen LogP contribution in [0.5, 0.6) is 0 Å². The highest BCUT2D eigenvalue weighted by molar-refractivity contribution is 5.78. The molecule has 0 amide bonds. The van der Waals surface area contributed by atoms with Crippen molar-refractivity contribution in [2.75, 3.05) is 13.1 Å². The van der Waals surface area contributed by atoms with Crippen molar-refractivity contribution in [3.63, 3.8) is 0 Å². The summed E-state index contributed by atoms with van der Waals surface area (Å²) in [7, 11) is 0. The Labute approximate surface area is 93.4 Å². The minimum Gasteiger partial charge on any atom is -0.464 e. The van der Waals surface area contributed by atoms with Gasteiger partial charge in [-0.15, -0.1) is 0 Å². The maximum atomic E-state index is 14.2. The monoisotopic (exact) mass is 219 g/mol. The van der Waals surface area contributed by atoms with Crippen molar-refractivity contribution < 1.29 is 8.81 Å². The molecule has 1 aromatic carbocycles. The second kappa shape index (κ2) is 3.91. The van der Waals surface area contributed by atoms with Crippen LogP contribution in [0.3, 0.4) is 0 Å². The third-order valence-electron chi connectivity index (χ3n) is 3.34. The Morgan fingerprint density at radius 3 is 3.06 bits per heavy atom. The minimum atomic E-state index is -0.111. The molecule has 1 atom stereocenters. The quantitative estimate of drug-likeness (QED) is 0.797. The van der Waals surface area contributed by atoms with E-state index in [9.17, 15) is 4.39 Å². The summed E-state index contributed by atoms with van der Waals surface area (Å²) in [5, 5.41) is 3.91. The molecule has 1 aliphatic rings. The molecule has 0 saturated carbocycles. The van der Waals surface area contributed by atoms with Gasteiger partial charge in [0.15, 0.2) is 0 Å². The maximum absolute atomic E-state index is 14.2. The van der Waals surface area contributed by atoms with Gasteiger partial charge in [0.25, 0.3) is 0 Å². The molecule has 2 nitrogen and oxygen atoms in total. The summed E-state index contributed by atoms with van der Waals surface area (Å²) in [6.45, 7) is 1.92. The fourth-order valence-electron chi connectivity index (χ4n) is 2.46. The van der Waals surface area contributed by atoms with E-state index in [1.54, 1.807) is 6.07 Å². The predicted octanol–water partition coefficient (Wildman–Crippen LogP) is 3.04. The number of furan rings is 1. The van der Waals surface area contributed by atoms with Crippen molar-refractivity contribution in [1.29, 1.82) is 0 Å². The van der Waals surface area contributed by atoms with E-state index < -0.39 is 0 Å². The molecule has 2 aromatic rings. The van der Waals surface area contributed by atoms with Gasteiger partial charge in [-0.05, 0) is 43.0 Å². The van der Waals surface area contributed by atoms with Crippen molar-refractivity contribution in [2.24, 2.45) is 0 Å². The Morgan fingerprint density at radius 2 is 2.25 bits per heavy atom. The highest BCUT2D eigenvalue weighted by Crippen LogP contribution is 2.30. The second-order valence-electron chi connectivity index (χ2n) is 4.34. The van der Waals surface area contributed by atoms with Crippen molar-refractivity contribution in [1.82, 2.24) is 5.32 Å². The van der Waals surface area contributed by atoms with E-state index in [0.717, 1.165) is 31.5 Å². The van der Waals surface area contributed by atoms with Crippen LogP contribution in [0, 0.1) is 5.82 Å². The summed E-state index contributed by atoms with van der Waals surface area (Å²) < 4.78 is 19.4. The van der Waals surface area contributed by atoms with Crippen LogP contribution in [0.4, 0.5) is 4.39 Å². The van der Waals surface area contributed by atoms with E-state index in [2.05, 4.69) is 5.32 Å². The fourth-order valence-corrected chi connectivity index (χ4v) is 2.46. The van der Waals surface area contributed by atoms with E-state index in [0.29, 0.717) is 16.9 Å². The van der Waals surface area contributed by atoms with Crippen LogP contribution in [0.25, 0.3) is 11.0 Å². The zero-order valence-corrected chi connectivity index (χ0v) is 9.00. The molecule has 0 spiro atoms. The molecule has 0 radical (unpaired) electrons. The molecular formula is C13H14FNO. The molecule has 1 N–H and O–H groups in total. The molecule has 1 unspecified atom stereocenters. The first-order chi connectivity index (χ1) is 7.86. The summed E-state index contributed by atoms with van der Waals surface area (Å²) in [6, 6.07) is 5.42. The van der Waals surface area contributed by atoms with Crippen molar-refractivity contribution >= 4 is 11.0 Å². The zero-order valence-electron chi connectivity index (χ0n) is 9.00. The number of nitrogens with one attached hydrogen (secondary N) is 1. The molecule has 16 heavy (non-hydrogen) atoms. The lowest BCUT2D eigenvalue weighted by Crippen LogP contribution is -2.28. The van der Waals surface area contributed by atoms with Crippen LogP contribution in [-0.4, -0.2) is 13.1 Å². The van der Waals surface area contributed by atoms with E-state index in [-0.39, 0.29) is 5.82 Å². The van der Waals surface area contributed by atoms with Gasteiger partial charge >= 0.3 is 0 Å². The Kier molecular flexibility index (Phi) is 2.40. The normalized spacial score (nSPS) is 21.4. The Hall–Kier alpha value is -1.35. The standard InChI is InChI=1S/C13H14FNO/c14-13-10(9-2-1-6-15-8-9)3-4-12-11(13)5-7-16-12/h3-5,7,9,15H,1-2,6,8H2. The van der Waals surface area contributed by atoms with Gasteiger partial charge < -0.3 is 9.73 Å².